The van der Waals surface area contributed by atoms with E-state index in [-0.39, 0.29) is 36.3 Å². The first-order valence-corrected chi connectivity index (χ1v) is 8.11. The van der Waals surface area contributed by atoms with E-state index in [4.69, 9.17) is 4.74 Å². The Morgan fingerprint density at radius 2 is 1.89 bits per heavy atom. The van der Waals surface area contributed by atoms with Crippen LogP contribution in [0.25, 0.3) is 0 Å². The van der Waals surface area contributed by atoms with E-state index in [0.717, 1.165) is 12.5 Å². The number of aliphatic imine (C=N–C) groups is 1. The van der Waals surface area contributed by atoms with Crippen LogP contribution in [-0.4, -0.2) is 59.7 Å². The molecule has 0 spiro atoms. The third-order valence-electron chi connectivity index (χ3n) is 2.04. The fourth-order valence-electron chi connectivity index (χ4n) is 1.08. The van der Waals surface area contributed by atoms with Gasteiger partial charge in [0, 0.05) is 26.4 Å². The Balaban J connectivity index is 0. The second-order valence-corrected chi connectivity index (χ2v) is 6.78. The van der Waals surface area contributed by atoms with E-state index < -0.39 is 9.84 Å². The maximum Gasteiger partial charge on any atom is 0.191 e. The largest absolute Gasteiger partial charge is 0.379 e. The van der Waals surface area contributed by atoms with E-state index in [1.807, 2.05) is 0 Å². The van der Waals surface area contributed by atoms with Crippen molar-refractivity contribution in [3.05, 3.63) is 0 Å². The van der Waals surface area contributed by atoms with Crippen molar-refractivity contribution in [1.29, 1.82) is 0 Å². The van der Waals surface area contributed by atoms with Gasteiger partial charge in [0.25, 0.3) is 0 Å². The lowest BCUT2D eigenvalue weighted by atomic mass is 10.2. The first-order valence-electron chi connectivity index (χ1n) is 6.05. The van der Waals surface area contributed by atoms with Crippen molar-refractivity contribution >= 4 is 39.8 Å². The van der Waals surface area contributed by atoms with Crippen molar-refractivity contribution in [2.24, 2.45) is 10.9 Å². The summed E-state index contributed by atoms with van der Waals surface area (Å²) >= 11 is 0. The number of halogens is 1. The number of ether oxygens (including phenoxy) is 1. The lowest BCUT2D eigenvalue weighted by Gasteiger charge is -2.13. The van der Waals surface area contributed by atoms with E-state index in [2.05, 4.69) is 29.5 Å². The SMILES string of the molecule is CN=C(NCCOCCS(C)(=O)=O)NCC(C)C.I. The summed E-state index contributed by atoms with van der Waals surface area (Å²) in [7, 11) is -1.22. The maximum absolute atomic E-state index is 10.8. The number of guanidine groups is 1. The second kappa shape index (κ2) is 11.7. The maximum atomic E-state index is 10.8. The summed E-state index contributed by atoms with van der Waals surface area (Å²) in [6.07, 6.45) is 1.20. The molecule has 0 aliphatic heterocycles. The molecule has 8 heteroatoms. The molecule has 0 fully saturated rings. The molecular formula is C11H26IN3O3S. The smallest absolute Gasteiger partial charge is 0.191 e. The van der Waals surface area contributed by atoms with E-state index in [1.165, 1.54) is 6.26 Å². The fraction of sp³-hybridized carbons (Fsp3) is 0.909. The van der Waals surface area contributed by atoms with E-state index >= 15 is 0 Å². The molecule has 0 atom stereocenters. The van der Waals surface area contributed by atoms with Crippen molar-refractivity contribution in [2.75, 3.05) is 45.4 Å². The van der Waals surface area contributed by atoms with E-state index in [9.17, 15) is 8.42 Å². The molecule has 19 heavy (non-hydrogen) atoms. The molecule has 0 aromatic heterocycles. The van der Waals surface area contributed by atoms with Gasteiger partial charge in [0.05, 0.1) is 19.0 Å². The first kappa shape index (κ1) is 21.2. The molecule has 0 aliphatic carbocycles. The van der Waals surface area contributed by atoms with Gasteiger partial charge in [-0.2, -0.15) is 0 Å². The molecule has 0 aromatic carbocycles. The summed E-state index contributed by atoms with van der Waals surface area (Å²) in [4.78, 5) is 4.06. The molecule has 0 heterocycles. The Hall–Kier alpha value is -0.0900. The molecular weight excluding hydrogens is 381 g/mol. The Morgan fingerprint density at radius 3 is 2.37 bits per heavy atom. The third-order valence-corrected chi connectivity index (χ3v) is 2.95. The molecule has 0 bridgehead atoms. The topological polar surface area (TPSA) is 79.8 Å². The van der Waals surface area contributed by atoms with Crippen molar-refractivity contribution < 1.29 is 13.2 Å². The van der Waals surface area contributed by atoms with Crippen LogP contribution in [0.2, 0.25) is 0 Å². The Bertz CT molecular complexity index is 345. The van der Waals surface area contributed by atoms with Crippen molar-refractivity contribution in [3.63, 3.8) is 0 Å². The monoisotopic (exact) mass is 407 g/mol. The summed E-state index contributed by atoms with van der Waals surface area (Å²) in [5, 5.41) is 6.26. The Kier molecular flexibility index (Phi) is 13.1. The standard InChI is InChI=1S/C11H25N3O3S.HI/c1-10(2)9-14-11(12-3)13-5-6-17-7-8-18(4,15)16;/h10H,5-9H2,1-4H3,(H2,12,13,14);1H. The molecule has 0 aliphatic rings. The highest BCUT2D eigenvalue weighted by atomic mass is 127. The number of nitrogens with one attached hydrogen (secondary N) is 2. The summed E-state index contributed by atoms with van der Waals surface area (Å²) < 4.78 is 26.9. The van der Waals surface area contributed by atoms with Crippen LogP contribution in [0.1, 0.15) is 13.8 Å². The average molecular weight is 407 g/mol. The van der Waals surface area contributed by atoms with Crippen LogP contribution < -0.4 is 10.6 Å². The predicted molar refractivity (Wildman–Crippen MR) is 90.1 cm³/mol. The highest BCUT2D eigenvalue weighted by Gasteiger charge is 2.01. The molecule has 0 radical (unpaired) electrons. The molecule has 0 aromatic rings. The zero-order valence-electron chi connectivity index (χ0n) is 12.1. The Morgan fingerprint density at radius 1 is 1.26 bits per heavy atom. The van der Waals surface area contributed by atoms with Crippen LogP contribution in [0, 0.1) is 5.92 Å². The van der Waals surface area contributed by atoms with E-state index in [1.54, 1.807) is 7.05 Å². The number of sulfone groups is 1. The summed E-state index contributed by atoms with van der Waals surface area (Å²) in [6, 6.07) is 0. The van der Waals surface area contributed by atoms with Crippen molar-refractivity contribution in [1.82, 2.24) is 10.6 Å². The minimum Gasteiger partial charge on any atom is -0.379 e. The van der Waals surface area contributed by atoms with E-state index in [0.29, 0.717) is 19.1 Å². The van der Waals surface area contributed by atoms with Gasteiger partial charge in [-0.25, -0.2) is 8.42 Å². The third kappa shape index (κ3) is 15.9. The van der Waals surface area contributed by atoms with Crippen LogP contribution in [0.4, 0.5) is 0 Å². The highest BCUT2D eigenvalue weighted by molar-refractivity contribution is 14.0. The second-order valence-electron chi connectivity index (χ2n) is 4.52. The average Bonchev–Trinajstić information content (AvgIpc) is 2.25. The van der Waals surface area contributed by atoms with Crippen LogP contribution in [0.15, 0.2) is 4.99 Å². The van der Waals surface area contributed by atoms with Gasteiger partial charge < -0.3 is 15.4 Å². The number of nitrogens with zero attached hydrogens (tertiary/aromatic N) is 1. The minimum atomic E-state index is -2.93. The van der Waals surface area contributed by atoms with Crippen molar-refractivity contribution in [3.8, 4) is 0 Å². The zero-order chi connectivity index (χ0) is 14.0. The number of hydrogen-bond donors (Lipinski definition) is 2. The summed E-state index contributed by atoms with van der Waals surface area (Å²) in [5.41, 5.74) is 0. The molecule has 116 valence electrons. The molecule has 0 rings (SSSR count). The molecule has 0 unspecified atom stereocenters. The van der Waals surface area contributed by atoms with Crippen LogP contribution in [0.5, 0.6) is 0 Å². The fourth-order valence-corrected chi connectivity index (χ4v) is 1.50. The Labute approximate surface area is 133 Å². The zero-order valence-corrected chi connectivity index (χ0v) is 15.2. The molecule has 0 amide bonds. The lowest BCUT2D eigenvalue weighted by Crippen LogP contribution is -2.40. The van der Waals surface area contributed by atoms with Gasteiger partial charge in [0.1, 0.15) is 9.84 Å². The van der Waals surface area contributed by atoms with Gasteiger partial charge in [0.2, 0.25) is 0 Å². The molecule has 2 N–H and O–H groups in total. The van der Waals surface area contributed by atoms with Gasteiger partial charge in [-0.1, -0.05) is 13.8 Å². The number of hydrogen-bond acceptors (Lipinski definition) is 4. The van der Waals surface area contributed by atoms with Crippen LogP contribution in [-0.2, 0) is 14.6 Å². The van der Waals surface area contributed by atoms with Crippen LogP contribution >= 0.6 is 24.0 Å². The van der Waals surface area contributed by atoms with Gasteiger partial charge in [0.15, 0.2) is 5.96 Å². The number of rotatable bonds is 8. The normalized spacial score (nSPS) is 12.2. The summed E-state index contributed by atoms with van der Waals surface area (Å²) in [6.45, 7) is 6.38. The molecule has 0 saturated heterocycles. The minimum absolute atomic E-state index is 0. The van der Waals surface area contributed by atoms with Gasteiger partial charge >= 0.3 is 0 Å². The first-order chi connectivity index (χ1) is 8.35. The van der Waals surface area contributed by atoms with Gasteiger partial charge in [-0.15, -0.1) is 24.0 Å². The van der Waals surface area contributed by atoms with Crippen molar-refractivity contribution in [2.45, 2.75) is 13.8 Å². The lowest BCUT2D eigenvalue weighted by molar-refractivity contribution is 0.154. The summed E-state index contributed by atoms with van der Waals surface area (Å²) in [5.74, 6) is 1.35. The molecule has 0 saturated carbocycles. The van der Waals surface area contributed by atoms with Gasteiger partial charge in [-0.3, -0.25) is 4.99 Å². The predicted octanol–water partition coefficient (Wildman–Crippen LogP) is 0.487. The molecule has 6 nitrogen and oxygen atoms in total. The highest BCUT2D eigenvalue weighted by Crippen LogP contribution is 1.87. The van der Waals surface area contributed by atoms with Crippen LogP contribution in [0.3, 0.4) is 0 Å². The quantitative estimate of drug-likeness (QED) is 0.265. The van der Waals surface area contributed by atoms with Gasteiger partial charge in [-0.05, 0) is 5.92 Å².